The van der Waals surface area contributed by atoms with Gasteiger partial charge in [0.2, 0.25) is 10.0 Å². The molecule has 2 heterocycles. The average molecular weight is 486 g/mol. The largest absolute Gasteiger partial charge is 0.494 e. The molecule has 3 aromatic rings. The third-order valence-corrected chi connectivity index (χ3v) is 8.09. The lowest BCUT2D eigenvalue weighted by Gasteiger charge is -2.25. The molecule has 2 aromatic carbocycles. The second kappa shape index (κ2) is 10.5. The first kappa shape index (κ1) is 23.4. The Kier molecular flexibility index (Phi) is 7.42. The van der Waals surface area contributed by atoms with E-state index in [9.17, 15) is 13.2 Å². The standard InChI is InChI=1S/C24H27N3O4S2/c1-2-16-31-20-10-6-18(7-11-20)22-17-32-24(25-22)26-23(28)19-8-12-21(13-9-19)33(29,30)27-14-4-3-5-15-27/h6-13,17H,2-5,14-16H2,1H3,(H,25,26,28). The molecule has 1 fully saturated rings. The zero-order valence-corrected chi connectivity index (χ0v) is 20.1. The normalized spacial score (nSPS) is 14.7. The second-order valence-corrected chi connectivity index (χ2v) is 10.7. The number of benzene rings is 2. The van der Waals surface area contributed by atoms with Crippen molar-refractivity contribution in [2.24, 2.45) is 0 Å². The van der Waals surface area contributed by atoms with Gasteiger partial charge in [-0.3, -0.25) is 10.1 Å². The van der Waals surface area contributed by atoms with E-state index in [-0.39, 0.29) is 10.8 Å². The van der Waals surface area contributed by atoms with Crippen molar-refractivity contribution in [2.45, 2.75) is 37.5 Å². The fraction of sp³-hybridized carbons (Fsp3) is 0.333. The van der Waals surface area contributed by atoms with E-state index in [0.717, 1.165) is 42.7 Å². The zero-order chi connectivity index (χ0) is 23.3. The van der Waals surface area contributed by atoms with Gasteiger partial charge in [-0.25, -0.2) is 13.4 Å². The van der Waals surface area contributed by atoms with Gasteiger partial charge in [-0.2, -0.15) is 4.31 Å². The summed E-state index contributed by atoms with van der Waals surface area (Å²) in [6.07, 6.45) is 3.77. The van der Waals surface area contributed by atoms with Crippen LogP contribution in [0.25, 0.3) is 11.3 Å². The molecule has 33 heavy (non-hydrogen) atoms. The lowest BCUT2D eigenvalue weighted by Crippen LogP contribution is -2.35. The number of amides is 1. The van der Waals surface area contributed by atoms with Crippen molar-refractivity contribution in [3.8, 4) is 17.0 Å². The topological polar surface area (TPSA) is 88.6 Å². The highest BCUT2D eigenvalue weighted by Gasteiger charge is 2.26. The van der Waals surface area contributed by atoms with Crippen molar-refractivity contribution in [3.05, 3.63) is 59.5 Å². The predicted molar refractivity (Wildman–Crippen MR) is 130 cm³/mol. The minimum absolute atomic E-state index is 0.212. The summed E-state index contributed by atoms with van der Waals surface area (Å²) in [7, 11) is -3.52. The third-order valence-electron chi connectivity index (χ3n) is 5.42. The van der Waals surface area contributed by atoms with Crippen molar-refractivity contribution in [2.75, 3.05) is 25.0 Å². The Morgan fingerprint density at radius 3 is 2.42 bits per heavy atom. The molecular formula is C24H27N3O4S2. The molecule has 9 heteroatoms. The fourth-order valence-corrected chi connectivity index (χ4v) is 5.84. The smallest absolute Gasteiger partial charge is 0.257 e. The van der Waals surface area contributed by atoms with Gasteiger partial charge in [0, 0.05) is 29.6 Å². The molecule has 174 valence electrons. The number of piperidine rings is 1. The fourth-order valence-electron chi connectivity index (χ4n) is 3.61. The quantitative estimate of drug-likeness (QED) is 0.484. The van der Waals surface area contributed by atoms with E-state index in [1.807, 2.05) is 29.6 Å². The molecule has 0 unspecified atom stereocenters. The monoisotopic (exact) mass is 485 g/mol. The van der Waals surface area contributed by atoms with Crippen LogP contribution in [-0.4, -0.2) is 43.3 Å². The molecule has 0 spiro atoms. The van der Waals surface area contributed by atoms with Crippen LogP contribution in [0.1, 0.15) is 43.0 Å². The molecule has 7 nitrogen and oxygen atoms in total. The number of nitrogens with one attached hydrogen (secondary N) is 1. The molecule has 1 aliphatic heterocycles. The van der Waals surface area contributed by atoms with Crippen LogP contribution in [0.3, 0.4) is 0 Å². The molecular weight excluding hydrogens is 458 g/mol. The maximum atomic E-state index is 12.8. The van der Waals surface area contributed by atoms with E-state index in [0.29, 0.717) is 30.4 Å². The summed E-state index contributed by atoms with van der Waals surface area (Å²) in [6, 6.07) is 13.7. The Morgan fingerprint density at radius 1 is 1.06 bits per heavy atom. The number of carbonyl (C=O) groups excluding carboxylic acids is 1. The second-order valence-electron chi connectivity index (χ2n) is 7.85. The first-order valence-corrected chi connectivity index (χ1v) is 13.4. The number of aromatic nitrogens is 1. The first-order valence-electron chi connectivity index (χ1n) is 11.1. The molecule has 0 saturated carbocycles. The molecule has 0 radical (unpaired) electrons. The van der Waals surface area contributed by atoms with Gasteiger partial charge < -0.3 is 4.74 Å². The zero-order valence-electron chi connectivity index (χ0n) is 18.5. The lowest BCUT2D eigenvalue weighted by atomic mass is 10.2. The van der Waals surface area contributed by atoms with Crippen LogP contribution >= 0.6 is 11.3 Å². The predicted octanol–water partition coefficient (Wildman–Crippen LogP) is 5.03. The van der Waals surface area contributed by atoms with E-state index in [1.165, 1.54) is 39.9 Å². The van der Waals surface area contributed by atoms with Gasteiger partial charge in [-0.05, 0) is 67.8 Å². The molecule has 0 bridgehead atoms. The van der Waals surface area contributed by atoms with Crippen LogP contribution in [0, 0.1) is 0 Å². The van der Waals surface area contributed by atoms with E-state index >= 15 is 0 Å². The Morgan fingerprint density at radius 2 is 1.76 bits per heavy atom. The van der Waals surface area contributed by atoms with Crippen LogP contribution in [0.2, 0.25) is 0 Å². The number of thiazole rings is 1. The van der Waals surface area contributed by atoms with E-state index < -0.39 is 10.0 Å². The highest BCUT2D eigenvalue weighted by molar-refractivity contribution is 7.89. The molecule has 1 aromatic heterocycles. The van der Waals surface area contributed by atoms with Gasteiger partial charge in [0.15, 0.2) is 5.13 Å². The minimum atomic E-state index is -3.52. The van der Waals surface area contributed by atoms with Crippen molar-refractivity contribution < 1.29 is 17.9 Å². The lowest BCUT2D eigenvalue weighted by molar-refractivity contribution is 0.102. The molecule has 1 N–H and O–H groups in total. The minimum Gasteiger partial charge on any atom is -0.494 e. The summed E-state index contributed by atoms with van der Waals surface area (Å²) < 4.78 is 32.7. The van der Waals surface area contributed by atoms with Gasteiger partial charge in [0.1, 0.15) is 5.75 Å². The Bertz CT molecular complexity index is 1180. The molecule has 0 atom stereocenters. The van der Waals surface area contributed by atoms with Crippen LogP contribution in [0.5, 0.6) is 5.75 Å². The van der Waals surface area contributed by atoms with Crippen molar-refractivity contribution in [1.29, 1.82) is 0 Å². The number of ether oxygens (including phenoxy) is 1. The first-order chi connectivity index (χ1) is 16.0. The highest BCUT2D eigenvalue weighted by Crippen LogP contribution is 2.27. The summed E-state index contributed by atoms with van der Waals surface area (Å²) in [6.45, 7) is 3.83. The maximum absolute atomic E-state index is 12.8. The van der Waals surface area contributed by atoms with E-state index in [1.54, 1.807) is 0 Å². The third kappa shape index (κ3) is 5.61. The highest BCUT2D eigenvalue weighted by atomic mass is 32.2. The number of sulfonamides is 1. The Labute approximate surface area is 198 Å². The van der Waals surface area contributed by atoms with Gasteiger partial charge in [0.25, 0.3) is 5.91 Å². The summed E-state index contributed by atoms with van der Waals surface area (Å²) in [5.41, 5.74) is 2.07. The van der Waals surface area contributed by atoms with Crippen LogP contribution in [0.4, 0.5) is 5.13 Å². The molecule has 1 saturated heterocycles. The number of hydrogen-bond acceptors (Lipinski definition) is 6. The maximum Gasteiger partial charge on any atom is 0.257 e. The number of carbonyl (C=O) groups is 1. The van der Waals surface area contributed by atoms with Crippen molar-refractivity contribution >= 4 is 32.4 Å². The summed E-state index contributed by atoms with van der Waals surface area (Å²) in [4.78, 5) is 17.4. The number of nitrogens with zero attached hydrogens (tertiary/aromatic N) is 2. The van der Waals surface area contributed by atoms with Crippen LogP contribution in [-0.2, 0) is 10.0 Å². The van der Waals surface area contributed by atoms with Gasteiger partial charge in [-0.15, -0.1) is 11.3 Å². The SMILES string of the molecule is CCCOc1ccc(-c2csc(NC(=O)c3ccc(S(=O)(=O)N4CCCCC4)cc3)n2)cc1. The Hall–Kier alpha value is -2.75. The van der Waals surface area contributed by atoms with Crippen molar-refractivity contribution in [1.82, 2.24) is 9.29 Å². The van der Waals surface area contributed by atoms with Gasteiger partial charge in [0.05, 0.1) is 17.2 Å². The van der Waals surface area contributed by atoms with E-state index in [4.69, 9.17) is 4.74 Å². The van der Waals surface area contributed by atoms with E-state index in [2.05, 4.69) is 17.2 Å². The summed E-state index contributed by atoms with van der Waals surface area (Å²) >= 11 is 1.33. The molecule has 1 amide bonds. The summed E-state index contributed by atoms with van der Waals surface area (Å²) in [5, 5.41) is 5.15. The summed E-state index contributed by atoms with van der Waals surface area (Å²) in [5.74, 6) is 0.483. The van der Waals surface area contributed by atoms with Crippen LogP contribution in [0.15, 0.2) is 58.8 Å². The van der Waals surface area contributed by atoms with Gasteiger partial charge in [-0.1, -0.05) is 13.3 Å². The molecule has 4 rings (SSSR count). The number of hydrogen-bond donors (Lipinski definition) is 1. The number of rotatable bonds is 8. The molecule has 0 aliphatic carbocycles. The average Bonchev–Trinajstić information content (AvgIpc) is 3.32. The Balaban J connectivity index is 1.40. The van der Waals surface area contributed by atoms with Gasteiger partial charge >= 0.3 is 0 Å². The molecule has 1 aliphatic rings. The number of anilines is 1. The van der Waals surface area contributed by atoms with Crippen molar-refractivity contribution in [3.63, 3.8) is 0 Å². The van der Waals surface area contributed by atoms with Crippen LogP contribution < -0.4 is 10.1 Å².